The van der Waals surface area contributed by atoms with Gasteiger partial charge in [0.2, 0.25) is 11.8 Å². The van der Waals surface area contributed by atoms with Crippen LogP contribution in [-0.4, -0.2) is 49.1 Å². The number of hydrogen-bond donors (Lipinski definition) is 1. The third-order valence-electron chi connectivity index (χ3n) is 13.0. The maximum Gasteiger partial charge on any atom is 0.573 e. The molecule has 1 heterocycles. The highest BCUT2D eigenvalue weighted by Crippen LogP contribution is 2.64. The molecule has 12 heteroatoms. The summed E-state index contributed by atoms with van der Waals surface area (Å²) < 4.78 is 56.3. The number of anilines is 1. The zero-order valence-electron chi connectivity index (χ0n) is 34.0. The van der Waals surface area contributed by atoms with Crippen molar-refractivity contribution >= 4 is 46.8 Å². The van der Waals surface area contributed by atoms with E-state index in [0.717, 1.165) is 34.2 Å². The van der Waals surface area contributed by atoms with E-state index < -0.39 is 76.2 Å². The number of carbonyl (C=O) groups excluding carboxylic acids is 4. The molecule has 3 aliphatic carbocycles. The standard InChI is InChI=1S/C51H40F3NO8/c1-61-34-20-24-43(62-2)31(25-34)16-13-29-14-17-33(18-15-29)55-48(59)37-22-21-36-39(45(37)49(55)60)27-41-47(58)38(30-9-5-3-6-10-30)28-44(57)50(41,32-11-7-4-8-12-32)46(36)40-26-35(19-23-42(40)56)63-51(52,53)54/h3-21,23-26,28,37,39,41,45-46,56H,22,27H2,1-2H3/t37-,39+,41-,45-,46+,50-/m0/s1. The Morgan fingerprint density at radius 2 is 1.46 bits per heavy atom. The fraction of sp³-hybridized carbons (Fsp3) is 0.216. The highest BCUT2D eigenvalue weighted by Gasteiger charge is 2.66. The summed E-state index contributed by atoms with van der Waals surface area (Å²) in [6, 6.07) is 32.7. The Bertz CT molecular complexity index is 2740. The summed E-state index contributed by atoms with van der Waals surface area (Å²) in [5, 5.41) is 11.6. The molecule has 5 aromatic rings. The first-order chi connectivity index (χ1) is 30.3. The normalized spacial score (nSPS) is 24.3. The van der Waals surface area contributed by atoms with Gasteiger partial charge in [-0.1, -0.05) is 96.6 Å². The van der Waals surface area contributed by atoms with Crippen LogP contribution in [0.1, 0.15) is 46.6 Å². The van der Waals surface area contributed by atoms with Crippen molar-refractivity contribution in [2.45, 2.75) is 30.5 Å². The van der Waals surface area contributed by atoms with Crippen molar-refractivity contribution in [3.63, 3.8) is 0 Å². The number of rotatable bonds is 9. The van der Waals surface area contributed by atoms with E-state index in [4.69, 9.17) is 9.47 Å². The van der Waals surface area contributed by atoms with Gasteiger partial charge in [0, 0.05) is 28.5 Å². The number of nitrogens with zero attached hydrogens (tertiary/aromatic N) is 1. The minimum atomic E-state index is -5.08. The second-order valence-corrected chi connectivity index (χ2v) is 16.1. The first-order valence-corrected chi connectivity index (χ1v) is 20.4. The van der Waals surface area contributed by atoms with Gasteiger partial charge in [-0.15, -0.1) is 13.2 Å². The molecule has 1 saturated carbocycles. The number of fused-ring (bicyclic) bond motifs is 4. The van der Waals surface area contributed by atoms with Gasteiger partial charge in [0.1, 0.15) is 23.0 Å². The Kier molecular flexibility index (Phi) is 10.4. The van der Waals surface area contributed by atoms with Gasteiger partial charge in [-0.3, -0.25) is 24.1 Å². The largest absolute Gasteiger partial charge is 0.573 e. The van der Waals surface area contributed by atoms with Crippen LogP contribution in [0.3, 0.4) is 0 Å². The van der Waals surface area contributed by atoms with E-state index in [9.17, 15) is 27.9 Å². The fourth-order valence-corrected chi connectivity index (χ4v) is 10.3. The molecular formula is C51H40F3NO8. The molecule has 2 amide bonds. The zero-order chi connectivity index (χ0) is 44.2. The maximum absolute atomic E-state index is 15.3. The van der Waals surface area contributed by atoms with E-state index in [0.29, 0.717) is 33.9 Å². The summed E-state index contributed by atoms with van der Waals surface area (Å²) in [5.74, 6) is -6.65. The average Bonchev–Trinajstić information content (AvgIpc) is 3.55. The van der Waals surface area contributed by atoms with Crippen LogP contribution in [0.15, 0.2) is 139 Å². The lowest BCUT2D eigenvalue weighted by atomic mass is 9.44. The van der Waals surface area contributed by atoms with Crippen molar-refractivity contribution < 1.29 is 51.7 Å². The van der Waals surface area contributed by atoms with E-state index in [2.05, 4.69) is 4.74 Å². The van der Waals surface area contributed by atoms with Crippen molar-refractivity contribution in [1.82, 2.24) is 0 Å². The van der Waals surface area contributed by atoms with Gasteiger partial charge in [-0.05, 0) is 90.1 Å². The number of ketones is 2. The molecule has 0 spiro atoms. The Labute approximate surface area is 360 Å². The van der Waals surface area contributed by atoms with Gasteiger partial charge in [0.25, 0.3) is 0 Å². The molecule has 0 unspecified atom stereocenters. The molecule has 9 rings (SSSR count). The second-order valence-electron chi connectivity index (χ2n) is 16.1. The number of benzene rings is 5. The molecule has 2 fully saturated rings. The molecule has 1 saturated heterocycles. The summed E-state index contributed by atoms with van der Waals surface area (Å²) >= 11 is 0. The number of allylic oxidation sites excluding steroid dienone is 4. The number of aromatic hydroxyl groups is 1. The van der Waals surface area contributed by atoms with Crippen molar-refractivity contribution in [2.24, 2.45) is 23.7 Å². The summed E-state index contributed by atoms with van der Waals surface area (Å²) in [4.78, 5) is 60.9. The Balaban J connectivity index is 1.15. The van der Waals surface area contributed by atoms with Crippen LogP contribution in [0.4, 0.5) is 18.9 Å². The van der Waals surface area contributed by atoms with Gasteiger partial charge < -0.3 is 19.3 Å². The second kappa shape index (κ2) is 15.9. The molecular weight excluding hydrogens is 812 g/mol. The number of amides is 2. The number of ether oxygens (including phenoxy) is 3. The zero-order valence-corrected chi connectivity index (χ0v) is 34.0. The number of alkyl halides is 3. The topological polar surface area (TPSA) is 119 Å². The highest BCUT2D eigenvalue weighted by atomic mass is 19.4. The molecule has 0 bridgehead atoms. The maximum atomic E-state index is 15.3. The van der Waals surface area contributed by atoms with Crippen LogP contribution in [0.5, 0.6) is 23.0 Å². The van der Waals surface area contributed by atoms with Crippen molar-refractivity contribution in [3.05, 3.63) is 167 Å². The van der Waals surface area contributed by atoms with Crippen LogP contribution in [0.25, 0.3) is 17.7 Å². The van der Waals surface area contributed by atoms with Crippen molar-refractivity contribution in [2.75, 3.05) is 19.1 Å². The summed E-state index contributed by atoms with van der Waals surface area (Å²) in [6.45, 7) is 0. The Morgan fingerprint density at radius 1 is 0.762 bits per heavy atom. The van der Waals surface area contributed by atoms with E-state index in [1.54, 1.807) is 117 Å². The molecule has 318 valence electrons. The van der Waals surface area contributed by atoms with Gasteiger partial charge in [-0.25, -0.2) is 0 Å². The molecule has 0 aromatic heterocycles. The summed E-state index contributed by atoms with van der Waals surface area (Å²) in [5.41, 5.74) is 1.59. The van der Waals surface area contributed by atoms with E-state index in [-0.39, 0.29) is 24.0 Å². The predicted molar refractivity (Wildman–Crippen MR) is 229 cm³/mol. The van der Waals surface area contributed by atoms with E-state index in [1.807, 2.05) is 18.2 Å². The van der Waals surface area contributed by atoms with Gasteiger partial charge in [-0.2, -0.15) is 0 Å². The molecule has 0 radical (unpaired) electrons. The van der Waals surface area contributed by atoms with Gasteiger partial charge in [0.05, 0.1) is 37.2 Å². The fourth-order valence-electron chi connectivity index (χ4n) is 10.3. The van der Waals surface area contributed by atoms with Crippen LogP contribution in [-0.2, 0) is 24.6 Å². The molecule has 6 atom stereocenters. The van der Waals surface area contributed by atoms with Crippen LogP contribution in [0.2, 0.25) is 0 Å². The highest BCUT2D eigenvalue weighted by molar-refractivity contribution is 6.32. The third kappa shape index (κ3) is 6.99. The first-order valence-electron chi connectivity index (χ1n) is 20.4. The molecule has 1 aliphatic heterocycles. The minimum absolute atomic E-state index is 0.0308. The predicted octanol–water partition coefficient (Wildman–Crippen LogP) is 9.51. The number of carbonyl (C=O) groups is 4. The number of phenols is 1. The monoisotopic (exact) mass is 851 g/mol. The lowest BCUT2D eigenvalue weighted by molar-refractivity contribution is -0.274. The first kappa shape index (κ1) is 41.2. The average molecular weight is 852 g/mol. The molecule has 4 aliphatic rings. The third-order valence-corrected chi connectivity index (χ3v) is 13.0. The number of methoxy groups -OCH3 is 2. The van der Waals surface area contributed by atoms with Crippen LogP contribution < -0.4 is 19.1 Å². The summed E-state index contributed by atoms with van der Waals surface area (Å²) in [6.07, 6.45) is 1.75. The van der Waals surface area contributed by atoms with Crippen molar-refractivity contribution in [1.29, 1.82) is 0 Å². The Morgan fingerprint density at radius 3 is 2.14 bits per heavy atom. The van der Waals surface area contributed by atoms with E-state index >= 15 is 9.59 Å². The quantitative estimate of drug-likeness (QED) is 0.0886. The van der Waals surface area contributed by atoms with Crippen molar-refractivity contribution in [3.8, 4) is 23.0 Å². The van der Waals surface area contributed by atoms with Gasteiger partial charge in [0.15, 0.2) is 11.6 Å². The van der Waals surface area contributed by atoms with Crippen LogP contribution >= 0.6 is 0 Å². The smallest absolute Gasteiger partial charge is 0.508 e. The lowest BCUT2D eigenvalue weighted by Crippen LogP contribution is -2.58. The van der Waals surface area contributed by atoms with Gasteiger partial charge >= 0.3 is 6.36 Å². The molecule has 9 nitrogen and oxygen atoms in total. The summed E-state index contributed by atoms with van der Waals surface area (Å²) in [7, 11) is 3.14. The Hall–Kier alpha value is -7.21. The number of phenolic OH excluding ortho intramolecular Hbond substituents is 1. The number of halogens is 3. The lowest BCUT2D eigenvalue weighted by Gasteiger charge is -2.55. The number of imide groups is 1. The number of hydrogen-bond acceptors (Lipinski definition) is 8. The number of Topliss-reactive ketones (excluding diaryl/α,β-unsaturated/α-hetero) is 1. The van der Waals surface area contributed by atoms with Crippen LogP contribution in [0, 0.1) is 23.7 Å². The van der Waals surface area contributed by atoms with E-state index in [1.165, 1.54) is 6.08 Å². The minimum Gasteiger partial charge on any atom is -0.508 e. The SMILES string of the molecule is COc1ccc(OC)c(C=Cc2ccc(N3C(=O)[C@H]4[C@H](CC=C5[C@H]4C[C@H]4C(=O)C(c6ccccc6)=CC(=O)[C@@]4(c4ccccc4)[C@H]5c4cc(OC(F)(F)F)ccc4O)C3=O)cc2)c1. The molecule has 5 aromatic carbocycles. The molecule has 63 heavy (non-hydrogen) atoms. The molecule has 1 N–H and O–H groups in total.